The maximum atomic E-state index is 13.5. The highest BCUT2D eigenvalue weighted by atomic mass is 19.1. The molecule has 2 amide bonds. The Kier molecular flexibility index (Phi) is 4.16. The maximum Gasteiger partial charge on any atom is 0.254 e. The zero-order valence-corrected chi connectivity index (χ0v) is 15.4. The number of nitrogens with zero attached hydrogens (tertiary/aromatic N) is 4. The van der Waals surface area contributed by atoms with Crippen LogP contribution in [0.25, 0.3) is 11.7 Å². The average Bonchev–Trinajstić information content (AvgIpc) is 3.30. The lowest BCUT2D eigenvalue weighted by atomic mass is 10.1. The van der Waals surface area contributed by atoms with Crippen LogP contribution in [0.4, 0.5) is 26.4 Å². The predicted molar refractivity (Wildman–Crippen MR) is 103 cm³/mol. The number of amides is 2. The highest BCUT2D eigenvalue weighted by Gasteiger charge is 2.26. The van der Waals surface area contributed by atoms with Crippen LogP contribution in [-0.4, -0.2) is 37.4 Å². The Morgan fingerprint density at radius 3 is 2.57 bits per heavy atom. The summed E-state index contributed by atoms with van der Waals surface area (Å²) < 4.78 is 28.5. The van der Waals surface area contributed by atoms with Crippen LogP contribution in [0.2, 0.25) is 0 Å². The summed E-state index contributed by atoms with van der Waals surface area (Å²) in [5.41, 5.74) is 1.32. The molecule has 0 radical (unpaired) electrons. The molecule has 152 valence electrons. The van der Waals surface area contributed by atoms with E-state index in [0.29, 0.717) is 22.7 Å². The number of imide groups is 1. The van der Waals surface area contributed by atoms with Gasteiger partial charge in [0.05, 0.1) is 12.6 Å². The Balaban J connectivity index is 1.58. The van der Waals surface area contributed by atoms with E-state index < -0.39 is 17.5 Å². The zero-order chi connectivity index (χ0) is 20.8. The quantitative estimate of drug-likeness (QED) is 0.436. The lowest BCUT2D eigenvalue weighted by Crippen LogP contribution is -2.19. The van der Waals surface area contributed by atoms with Gasteiger partial charge >= 0.3 is 0 Å². The van der Waals surface area contributed by atoms with Crippen molar-refractivity contribution in [3.8, 4) is 0 Å². The molecule has 30 heavy (non-hydrogen) atoms. The Morgan fingerprint density at radius 1 is 1.13 bits per heavy atom. The van der Waals surface area contributed by atoms with Gasteiger partial charge < -0.3 is 10.6 Å². The van der Waals surface area contributed by atoms with Gasteiger partial charge in [-0.2, -0.15) is 19.6 Å². The third kappa shape index (κ3) is 3.56. The molecule has 0 unspecified atom stereocenters. The minimum Gasteiger partial charge on any atom is -0.351 e. The second-order valence-electron chi connectivity index (χ2n) is 7.13. The van der Waals surface area contributed by atoms with Gasteiger partial charge in [-0.1, -0.05) is 0 Å². The number of halogens is 2. The van der Waals surface area contributed by atoms with Crippen LogP contribution in [0.5, 0.6) is 0 Å². The molecule has 2 fully saturated rings. The van der Waals surface area contributed by atoms with E-state index in [2.05, 4.69) is 31.0 Å². The summed E-state index contributed by atoms with van der Waals surface area (Å²) in [5, 5.41) is 12.5. The van der Waals surface area contributed by atoms with E-state index in [0.717, 1.165) is 31.0 Å². The molecule has 3 heterocycles. The first-order valence-electron chi connectivity index (χ1n) is 9.25. The van der Waals surface area contributed by atoms with Crippen molar-refractivity contribution in [1.82, 2.24) is 24.9 Å². The smallest absolute Gasteiger partial charge is 0.254 e. The fourth-order valence-electron chi connectivity index (χ4n) is 3.12. The fraction of sp³-hybridized carbons (Fsp3) is 0.211. The van der Waals surface area contributed by atoms with Gasteiger partial charge in [0.25, 0.3) is 5.91 Å². The standard InChI is InChI=1S/C19H15F2N7O2/c20-11-5-12(21)7-14(6-11)23-18-26-16-10(3-9-4-15(29)25-17(9)30)8-22-28(16)19(27-18)24-13-1-2-13/h3,5-8,13H,1-2,4H2,(H,25,29,30)(H2,23,24,26,27)/b9-3+. The van der Waals surface area contributed by atoms with E-state index in [1.165, 1.54) is 10.7 Å². The highest BCUT2D eigenvalue weighted by molar-refractivity contribution is 6.15. The van der Waals surface area contributed by atoms with Gasteiger partial charge in [0.1, 0.15) is 11.6 Å². The first kappa shape index (κ1) is 18.2. The summed E-state index contributed by atoms with van der Waals surface area (Å²) in [4.78, 5) is 32.1. The summed E-state index contributed by atoms with van der Waals surface area (Å²) in [6.07, 6.45) is 5.01. The molecular weight excluding hydrogens is 396 g/mol. The van der Waals surface area contributed by atoms with Gasteiger partial charge in [-0.25, -0.2) is 8.78 Å². The molecule has 9 nitrogen and oxygen atoms in total. The molecule has 0 atom stereocenters. The number of nitrogens with one attached hydrogen (secondary N) is 3. The Bertz CT molecular complexity index is 1210. The topological polar surface area (TPSA) is 113 Å². The van der Waals surface area contributed by atoms with Gasteiger partial charge in [0.2, 0.25) is 17.8 Å². The number of carbonyl (C=O) groups is 2. The third-order valence-corrected chi connectivity index (χ3v) is 4.65. The van der Waals surface area contributed by atoms with E-state index >= 15 is 0 Å². The first-order valence-corrected chi connectivity index (χ1v) is 9.25. The van der Waals surface area contributed by atoms with Gasteiger partial charge in [0, 0.05) is 28.9 Å². The van der Waals surface area contributed by atoms with E-state index in [-0.39, 0.29) is 30.0 Å². The molecule has 11 heteroatoms. The molecule has 1 aliphatic heterocycles. The molecule has 0 spiro atoms. The Morgan fingerprint density at radius 2 is 1.90 bits per heavy atom. The van der Waals surface area contributed by atoms with Crippen LogP contribution in [0.15, 0.2) is 30.0 Å². The van der Waals surface area contributed by atoms with E-state index in [1.54, 1.807) is 6.08 Å². The monoisotopic (exact) mass is 411 g/mol. The molecule has 3 aromatic rings. The van der Waals surface area contributed by atoms with Crippen molar-refractivity contribution in [3.63, 3.8) is 0 Å². The summed E-state index contributed by atoms with van der Waals surface area (Å²) in [7, 11) is 0. The van der Waals surface area contributed by atoms with E-state index in [4.69, 9.17) is 0 Å². The highest BCUT2D eigenvalue weighted by Crippen LogP contribution is 2.27. The second kappa shape index (κ2) is 6.87. The first-order chi connectivity index (χ1) is 14.4. The minimum atomic E-state index is -0.735. The van der Waals surface area contributed by atoms with Gasteiger partial charge in [-0.05, 0) is 31.1 Å². The fourth-order valence-corrected chi connectivity index (χ4v) is 3.12. The molecular formula is C19H15F2N7O2. The van der Waals surface area contributed by atoms with Crippen LogP contribution in [0.1, 0.15) is 24.8 Å². The molecule has 1 aromatic carbocycles. The normalized spacial score (nSPS) is 17.6. The lowest BCUT2D eigenvalue weighted by molar-refractivity contribution is -0.124. The van der Waals surface area contributed by atoms with Gasteiger partial charge in [0.15, 0.2) is 5.65 Å². The molecule has 5 rings (SSSR count). The van der Waals surface area contributed by atoms with E-state index in [9.17, 15) is 18.4 Å². The van der Waals surface area contributed by atoms with Crippen molar-refractivity contribution in [3.05, 3.63) is 47.2 Å². The number of fused-ring (bicyclic) bond motifs is 1. The molecule has 1 aliphatic carbocycles. The van der Waals surface area contributed by atoms with Crippen molar-refractivity contribution < 1.29 is 18.4 Å². The van der Waals surface area contributed by atoms with Crippen LogP contribution in [0, 0.1) is 11.6 Å². The minimum absolute atomic E-state index is 0.0257. The third-order valence-electron chi connectivity index (χ3n) is 4.65. The second-order valence-corrected chi connectivity index (χ2v) is 7.13. The number of hydrogen-bond donors (Lipinski definition) is 3. The van der Waals surface area contributed by atoms with Gasteiger partial charge in [-0.15, -0.1) is 0 Å². The SMILES string of the molecule is O=C1C/C(=C\c2cnn3c(NC4CC4)nc(Nc4cc(F)cc(F)c4)nc23)C(=O)N1. The van der Waals surface area contributed by atoms with Crippen molar-refractivity contribution >= 4 is 41.1 Å². The molecule has 1 saturated heterocycles. The lowest BCUT2D eigenvalue weighted by Gasteiger charge is -2.10. The summed E-state index contributed by atoms with van der Waals surface area (Å²) in [5.74, 6) is -1.80. The molecule has 2 aromatic heterocycles. The number of benzene rings is 1. The molecule has 3 N–H and O–H groups in total. The maximum absolute atomic E-state index is 13.5. The largest absolute Gasteiger partial charge is 0.351 e. The van der Waals surface area contributed by atoms with Crippen LogP contribution in [-0.2, 0) is 9.59 Å². The van der Waals surface area contributed by atoms with Crippen LogP contribution >= 0.6 is 0 Å². The summed E-state index contributed by atoms with van der Waals surface area (Å²) in [6.45, 7) is 0. The summed E-state index contributed by atoms with van der Waals surface area (Å²) in [6, 6.07) is 3.27. The van der Waals surface area contributed by atoms with Gasteiger partial charge in [-0.3, -0.25) is 14.9 Å². The predicted octanol–water partition coefficient (Wildman–Crippen LogP) is 2.15. The molecule has 2 aliphatic rings. The number of rotatable bonds is 5. The average molecular weight is 411 g/mol. The molecule has 1 saturated carbocycles. The Labute approximate surface area is 168 Å². The number of anilines is 3. The summed E-state index contributed by atoms with van der Waals surface area (Å²) >= 11 is 0. The van der Waals surface area contributed by atoms with Crippen molar-refractivity contribution in [2.45, 2.75) is 25.3 Å². The van der Waals surface area contributed by atoms with E-state index in [1.807, 2.05) is 0 Å². The van der Waals surface area contributed by atoms with Crippen molar-refractivity contribution in [2.24, 2.45) is 0 Å². The molecule has 0 bridgehead atoms. The van der Waals surface area contributed by atoms with Crippen molar-refractivity contribution in [1.29, 1.82) is 0 Å². The number of carbonyl (C=O) groups excluding carboxylic acids is 2. The van der Waals surface area contributed by atoms with Crippen LogP contribution < -0.4 is 16.0 Å². The zero-order valence-electron chi connectivity index (χ0n) is 15.4. The Hall–Kier alpha value is -3.89. The van der Waals surface area contributed by atoms with Crippen molar-refractivity contribution in [2.75, 3.05) is 10.6 Å². The number of hydrogen-bond acceptors (Lipinski definition) is 7. The number of aromatic nitrogens is 4. The van der Waals surface area contributed by atoms with Crippen LogP contribution in [0.3, 0.4) is 0 Å².